The highest BCUT2D eigenvalue weighted by molar-refractivity contribution is 6.23. The van der Waals surface area contributed by atoms with E-state index in [1.807, 2.05) is 30.5 Å². The third-order valence-corrected chi connectivity index (χ3v) is 5.08. The predicted molar refractivity (Wildman–Crippen MR) is 75.7 cm³/mol. The summed E-state index contributed by atoms with van der Waals surface area (Å²) in [5.74, 6) is -0.712. The summed E-state index contributed by atoms with van der Waals surface area (Å²) < 4.78 is 5.75. The number of fused-ring (bicyclic) bond motifs is 6. The third kappa shape index (κ3) is 1.34. The van der Waals surface area contributed by atoms with Crippen LogP contribution in [-0.4, -0.2) is 29.0 Å². The lowest BCUT2D eigenvalue weighted by Gasteiger charge is -2.17. The molecule has 21 heavy (non-hydrogen) atoms. The summed E-state index contributed by atoms with van der Waals surface area (Å²) in [5, 5.41) is 1.00. The molecule has 106 valence electrons. The molecule has 1 aromatic carbocycles. The molecule has 3 aliphatic rings. The fraction of sp³-hybridized carbons (Fsp3) is 0.375. The van der Waals surface area contributed by atoms with E-state index in [0.29, 0.717) is 5.69 Å². The number of ether oxygens (including phenoxy) is 1. The van der Waals surface area contributed by atoms with Gasteiger partial charge in [0.25, 0.3) is 0 Å². The zero-order valence-corrected chi connectivity index (χ0v) is 11.3. The van der Waals surface area contributed by atoms with Gasteiger partial charge in [0.15, 0.2) is 0 Å². The zero-order valence-electron chi connectivity index (χ0n) is 11.3. The standard InChI is InChI=1S/C16H14N2O3/c19-15-13-11-3-4-12(21-11)14(13)16(20)18(15)9-1-2-10-8(7-9)5-6-17-10/h1-2,5-7,11-14,17H,3-4H2. The highest BCUT2D eigenvalue weighted by atomic mass is 16.5. The molecule has 1 N–H and O–H groups in total. The number of aromatic nitrogens is 1. The summed E-state index contributed by atoms with van der Waals surface area (Å²) in [7, 11) is 0. The van der Waals surface area contributed by atoms with E-state index in [1.54, 1.807) is 0 Å². The minimum atomic E-state index is -0.266. The summed E-state index contributed by atoms with van der Waals surface area (Å²) in [6.45, 7) is 0. The van der Waals surface area contributed by atoms with Gasteiger partial charge in [0.05, 0.1) is 29.7 Å². The molecule has 2 aromatic rings. The van der Waals surface area contributed by atoms with Gasteiger partial charge in [-0.2, -0.15) is 0 Å². The second-order valence-electron chi connectivity index (χ2n) is 6.10. The Morgan fingerprint density at radius 2 is 1.76 bits per heavy atom. The number of anilines is 1. The van der Waals surface area contributed by atoms with Crippen molar-refractivity contribution >= 4 is 28.4 Å². The smallest absolute Gasteiger partial charge is 0.240 e. The van der Waals surface area contributed by atoms with Crippen molar-refractivity contribution in [2.24, 2.45) is 11.8 Å². The Labute approximate surface area is 120 Å². The predicted octanol–water partition coefficient (Wildman–Crippen LogP) is 1.83. The molecule has 1 aromatic heterocycles. The number of nitrogens with one attached hydrogen (secondary N) is 1. The number of amides is 2. The van der Waals surface area contributed by atoms with Crippen LogP contribution in [-0.2, 0) is 14.3 Å². The minimum Gasteiger partial charge on any atom is -0.373 e. The van der Waals surface area contributed by atoms with E-state index in [2.05, 4.69) is 4.98 Å². The van der Waals surface area contributed by atoms with Crippen molar-refractivity contribution in [3.63, 3.8) is 0 Å². The number of H-pyrrole nitrogens is 1. The fourth-order valence-electron chi connectivity index (χ4n) is 4.15. The van der Waals surface area contributed by atoms with E-state index in [-0.39, 0.29) is 35.9 Å². The molecule has 4 atom stereocenters. The molecule has 0 radical (unpaired) electrons. The van der Waals surface area contributed by atoms with Crippen molar-refractivity contribution in [3.8, 4) is 0 Å². The number of hydrogen-bond acceptors (Lipinski definition) is 3. The molecule has 0 saturated carbocycles. The van der Waals surface area contributed by atoms with Crippen molar-refractivity contribution in [2.75, 3.05) is 4.90 Å². The van der Waals surface area contributed by atoms with Crippen LogP contribution in [0.25, 0.3) is 10.9 Å². The summed E-state index contributed by atoms with van der Waals surface area (Å²) in [6.07, 6.45) is 3.53. The molecule has 5 nitrogen and oxygen atoms in total. The van der Waals surface area contributed by atoms with Gasteiger partial charge in [-0.1, -0.05) is 0 Å². The summed E-state index contributed by atoms with van der Waals surface area (Å²) in [5.41, 5.74) is 1.67. The molecule has 3 saturated heterocycles. The zero-order chi connectivity index (χ0) is 14.1. The van der Waals surface area contributed by atoms with Crippen molar-refractivity contribution in [1.82, 2.24) is 4.98 Å². The van der Waals surface area contributed by atoms with E-state index < -0.39 is 0 Å². The van der Waals surface area contributed by atoms with Crippen LogP contribution in [0.3, 0.4) is 0 Å². The third-order valence-electron chi connectivity index (χ3n) is 5.08. The fourth-order valence-corrected chi connectivity index (χ4v) is 4.15. The molecular formula is C16H14N2O3. The first-order valence-corrected chi connectivity index (χ1v) is 7.34. The maximum Gasteiger partial charge on any atom is 0.240 e. The molecule has 2 amide bonds. The van der Waals surface area contributed by atoms with Crippen molar-refractivity contribution in [1.29, 1.82) is 0 Å². The lowest BCUT2D eigenvalue weighted by atomic mass is 9.81. The average molecular weight is 282 g/mol. The second kappa shape index (κ2) is 3.74. The number of hydrogen-bond donors (Lipinski definition) is 1. The largest absolute Gasteiger partial charge is 0.373 e. The number of imide groups is 1. The Bertz CT molecular complexity index is 753. The molecule has 4 heterocycles. The molecule has 2 bridgehead atoms. The van der Waals surface area contributed by atoms with Gasteiger partial charge < -0.3 is 9.72 Å². The summed E-state index contributed by atoms with van der Waals surface area (Å²) in [6, 6.07) is 7.58. The van der Waals surface area contributed by atoms with Crippen LogP contribution in [0.5, 0.6) is 0 Å². The Hall–Kier alpha value is -2.14. The lowest BCUT2D eigenvalue weighted by Crippen LogP contribution is -2.34. The van der Waals surface area contributed by atoms with E-state index in [4.69, 9.17) is 4.74 Å². The monoisotopic (exact) mass is 282 g/mol. The molecule has 0 spiro atoms. The van der Waals surface area contributed by atoms with Crippen LogP contribution >= 0.6 is 0 Å². The Kier molecular flexibility index (Phi) is 2.05. The van der Waals surface area contributed by atoms with Gasteiger partial charge in [0, 0.05) is 17.1 Å². The van der Waals surface area contributed by atoms with Crippen molar-refractivity contribution < 1.29 is 14.3 Å². The Morgan fingerprint density at radius 3 is 2.48 bits per heavy atom. The highest BCUT2D eigenvalue weighted by Gasteiger charge is 2.62. The van der Waals surface area contributed by atoms with Gasteiger partial charge in [-0.25, -0.2) is 4.90 Å². The molecular weight excluding hydrogens is 268 g/mol. The van der Waals surface area contributed by atoms with Gasteiger partial charge in [0.2, 0.25) is 11.8 Å². The van der Waals surface area contributed by atoms with Crippen molar-refractivity contribution in [2.45, 2.75) is 25.0 Å². The topological polar surface area (TPSA) is 62.4 Å². The first-order chi connectivity index (χ1) is 10.2. The van der Waals surface area contributed by atoms with Gasteiger partial charge in [-0.3, -0.25) is 9.59 Å². The first kappa shape index (κ1) is 11.5. The highest BCUT2D eigenvalue weighted by Crippen LogP contribution is 2.49. The van der Waals surface area contributed by atoms with Gasteiger partial charge >= 0.3 is 0 Å². The van der Waals surface area contributed by atoms with Crippen LogP contribution in [0.1, 0.15) is 12.8 Å². The minimum absolute atomic E-state index is 0.0579. The average Bonchev–Trinajstić information content (AvgIpc) is 3.22. The maximum absolute atomic E-state index is 12.7. The van der Waals surface area contributed by atoms with Crippen LogP contribution in [0.15, 0.2) is 30.5 Å². The number of benzene rings is 1. The molecule has 5 heteroatoms. The number of nitrogens with zero attached hydrogens (tertiary/aromatic N) is 1. The normalized spacial score (nSPS) is 34.2. The quantitative estimate of drug-likeness (QED) is 0.812. The molecule has 4 unspecified atom stereocenters. The van der Waals surface area contributed by atoms with E-state index in [1.165, 1.54) is 4.90 Å². The Balaban J connectivity index is 1.60. The van der Waals surface area contributed by atoms with Gasteiger partial charge in [-0.15, -0.1) is 0 Å². The first-order valence-electron chi connectivity index (χ1n) is 7.34. The molecule has 3 aliphatic heterocycles. The SMILES string of the molecule is O=C1C2C3CCC(O3)C2C(=O)N1c1ccc2[nH]ccc2c1. The van der Waals surface area contributed by atoms with Crippen molar-refractivity contribution in [3.05, 3.63) is 30.5 Å². The van der Waals surface area contributed by atoms with Crippen LogP contribution in [0.2, 0.25) is 0 Å². The van der Waals surface area contributed by atoms with E-state index in [0.717, 1.165) is 23.7 Å². The second-order valence-corrected chi connectivity index (χ2v) is 6.10. The van der Waals surface area contributed by atoms with E-state index >= 15 is 0 Å². The summed E-state index contributed by atoms with van der Waals surface area (Å²) >= 11 is 0. The van der Waals surface area contributed by atoms with Crippen LogP contribution in [0.4, 0.5) is 5.69 Å². The molecule has 0 aliphatic carbocycles. The molecule has 3 fully saturated rings. The number of carbonyl (C=O) groups excluding carboxylic acids is 2. The summed E-state index contributed by atoms with van der Waals surface area (Å²) in [4.78, 5) is 29.8. The number of carbonyl (C=O) groups is 2. The number of aromatic amines is 1. The van der Waals surface area contributed by atoms with Crippen LogP contribution in [0, 0.1) is 11.8 Å². The number of rotatable bonds is 1. The molecule has 5 rings (SSSR count). The van der Waals surface area contributed by atoms with Gasteiger partial charge in [0.1, 0.15) is 0 Å². The van der Waals surface area contributed by atoms with Gasteiger partial charge in [-0.05, 0) is 37.1 Å². The van der Waals surface area contributed by atoms with Crippen LogP contribution < -0.4 is 4.90 Å². The Morgan fingerprint density at radius 1 is 1.05 bits per heavy atom. The lowest BCUT2D eigenvalue weighted by molar-refractivity contribution is -0.124. The van der Waals surface area contributed by atoms with E-state index in [9.17, 15) is 9.59 Å². The maximum atomic E-state index is 12.7.